The second-order valence-electron chi connectivity index (χ2n) is 5.89. The van der Waals surface area contributed by atoms with Crippen LogP contribution >= 0.6 is 0 Å². The SMILES string of the molecule is N#Cc1cc(-c2nnc(-c3ccc4nc[nH]c4c3)o2)ccc1NCC(F)(F)F. The van der Waals surface area contributed by atoms with E-state index >= 15 is 0 Å². The lowest BCUT2D eigenvalue weighted by molar-refractivity contribution is -0.115. The molecule has 10 heteroatoms. The minimum Gasteiger partial charge on any atom is -0.416 e. The smallest absolute Gasteiger partial charge is 0.405 e. The third kappa shape index (κ3) is 3.50. The summed E-state index contributed by atoms with van der Waals surface area (Å²) in [6.45, 7) is -1.23. The number of nitrogens with zero attached hydrogens (tertiary/aromatic N) is 4. The zero-order valence-corrected chi connectivity index (χ0v) is 14.1. The molecule has 0 unspecified atom stereocenters. The van der Waals surface area contributed by atoms with Crippen molar-refractivity contribution in [2.75, 3.05) is 11.9 Å². The standard InChI is InChI=1S/C18H11F3N6O/c19-18(20,21)8-23-13-3-1-10(5-12(13)7-22)16-26-27-17(28-16)11-2-4-14-15(6-11)25-9-24-14/h1-6,9,23H,8H2,(H,24,25). The molecule has 4 aromatic rings. The van der Waals surface area contributed by atoms with Gasteiger partial charge in [-0.1, -0.05) is 0 Å². The van der Waals surface area contributed by atoms with Crippen molar-refractivity contribution in [1.29, 1.82) is 5.26 Å². The summed E-state index contributed by atoms with van der Waals surface area (Å²) in [5.74, 6) is 0.419. The lowest BCUT2D eigenvalue weighted by Gasteiger charge is -2.11. The molecule has 0 radical (unpaired) electrons. The number of halogens is 3. The first kappa shape index (κ1) is 17.5. The van der Waals surface area contributed by atoms with Gasteiger partial charge >= 0.3 is 6.18 Å². The second kappa shape index (κ2) is 6.70. The molecule has 0 saturated heterocycles. The lowest BCUT2D eigenvalue weighted by atomic mass is 10.1. The maximum absolute atomic E-state index is 12.4. The Bertz CT molecular complexity index is 1190. The molecule has 0 aliphatic heterocycles. The van der Waals surface area contributed by atoms with Crippen molar-refractivity contribution in [3.05, 3.63) is 48.3 Å². The lowest BCUT2D eigenvalue weighted by Crippen LogP contribution is -2.21. The van der Waals surface area contributed by atoms with Crippen molar-refractivity contribution in [1.82, 2.24) is 20.2 Å². The van der Waals surface area contributed by atoms with Crippen molar-refractivity contribution in [2.45, 2.75) is 6.18 Å². The summed E-state index contributed by atoms with van der Waals surface area (Å²) in [6, 6.07) is 11.5. The Morgan fingerprint density at radius 3 is 2.50 bits per heavy atom. The fourth-order valence-corrected chi connectivity index (χ4v) is 2.64. The van der Waals surface area contributed by atoms with Gasteiger partial charge in [0.2, 0.25) is 11.8 Å². The van der Waals surface area contributed by atoms with Gasteiger partial charge in [-0.05, 0) is 36.4 Å². The predicted molar refractivity (Wildman–Crippen MR) is 94.1 cm³/mol. The third-order valence-corrected chi connectivity index (χ3v) is 3.96. The topological polar surface area (TPSA) is 103 Å². The van der Waals surface area contributed by atoms with Gasteiger partial charge in [-0.15, -0.1) is 10.2 Å². The zero-order valence-electron chi connectivity index (χ0n) is 14.1. The van der Waals surface area contributed by atoms with E-state index in [1.54, 1.807) is 18.5 Å². The minimum atomic E-state index is -4.39. The number of anilines is 1. The van der Waals surface area contributed by atoms with Crippen molar-refractivity contribution >= 4 is 16.7 Å². The number of hydrogen-bond donors (Lipinski definition) is 2. The number of fused-ring (bicyclic) bond motifs is 1. The van der Waals surface area contributed by atoms with Gasteiger partial charge in [0.1, 0.15) is 12.6 Å². The van der Waals surface area contributed by atoms with Crippen LogP contribution in [0.25, 0.3) is 33.9 Å². The van der Waals surface area contributed by atoms with Crippen LogP contribution in [0.2, 0.25) is 0 Å². The summed E-state index contributed by atoms with van der Waals surface area (Å²) >= 11 is 0. The molecule has 4 rings (SSSR count). The highest BCUT2D eigenvalue weighted by atomic mass is 19.4. The first-order valence-corrected chi connectivity index (χ1v) is 8.05. The molecule has 0 atom stereocenters. The van der Waals surface area contributed by atoms with Gasteiger partial charge in [-0.3, -0.25) is 0 Å². The fourth-order valence-electron chi connectivity index (χ4n) is 2.64. The molecule has 7 nitrogen and oxygen atoms in total. The number of aromatic amines is 1. The van der Waals surface area contributed by atoms with Gasteiger partial charge in [-0.2, -0.15) is 18.4 Å². The molecule has 0 amide bonds. The summed E-state index contributed by atoms with van der Waals surface area (Å²) in [4.78, 5) is 7.12. The van der Waals surface area contributed by atoms with E-state index in [4.69, 9.17) is 4.42 Å². The molecule has 2 aromatic heterocycles. The van der Waals surface area contributed by atoms with Gasteiger partial charge in [0, 0.05) is 11.1 Å². The Morgan fingerprint density at radius 2 is 1.79 bits per heavy atom. The van der Waals surface area contributed by atoms with Gasteiger partial charge in [0.15, 0.2) is 0 Å². The van der Waals surface area contributed by atoms with Gasteiger partial charge < -0.3 is 14.7 Å². The molecule has 0 saturated carbocycles. The van der Waals surface area contributed by atoms with E-state index in [0.717, 1.165) is 11.0 Å². The molecular formula is C18H11F3N6O. The Hall–Kier alpha value is -3.87. The number of nitriles is 1. The largest absolute Gasteiger partial charge is 0.416 e. The van der Waals surface area contributed by atoms with Crippen LogP contribution in [-0.2, 0) is 0 Å². The van der Waals surface area contributed by atoms with Gasteiger partial charge in [0.25, 0.3) is 0 Å². The summed E-state index contributed by atoms with van der Waals surface area (Å²) < 4.78 is 42.8. The van der Waals surface area contributed by atoms with Crippen molar-refractivity contribution < 1.29 is 17.6 Å². The maximum Gasteiger partial charge on any atom is 0.405 e. The van der Waals surface area contributed by atoms with E-state index in [1.165, 1.54) is 18.2 Å². The number of alkyl halides is 3. The number of H-pyrrole nitrogens is 1. The predicted octanol–water partition coefficient (Wildman–Crippen LogP) is 4.13. The molecule has 140 valence electrons. The average molecular weight is 384 g/mol. The van der Waals surface area contributed by atoms with Crippen molar-refractivity contribution in [2.24, 2.45) is 0 Å². The Balaban J connectivity index is 1.62. The number of hydrogen-bond acceptors (Lipinski definition) is 6. The highest BCUT2D eigenvalue weighted by Crippen LogP contribution is 2.28. The Labute approximate surface area is 155 Å². The van der Waals surface area contributed by atoms with E-state index in [1.807, 2.05) is 12.1 Å². The van der Waals surface area contributed by atoms with Gasteiger partial charge in [0.05, 0.1) is 28.6 Å². The van der Waals surface area contributed by atoms with Crippen LogP contribution in [0.5, 0.6) is 0 Å². The first-order valence-electron chi connectivity index (χ1n) is 8.05. The molecule has 28 heavy (non-hydrogen) atoms. The molecular weight excluding hydrogens is 373 g/mol. The van der Waals surface area contributed by atoms with Crippen LogP contribution in [0.4, 0.5) is 18.9 Å². The van der Waals surface area contributed by atoms with E-state index in [0.29, 0.717) is 11.1 Å². The van der Waals surface area contributed by atoms with E-state index in [9.17, 15) is 18.4 Å². The Morgan fingerprint density at radius 1 is 1.07 bits per heavy atom. The molecule has 0 bridgehead atoms. The molecule has 0 spiro atoms. The third-order valence-electron chi connectivity index (χ3n) is 3.96. The van der Waals surface area contributed by atoms with Gasteiger partial charge in [-0.25, -0.2) is 4.98 Å². The molecule has 2 heterocycles. The maximum atomic E-state index is 12.4. The number of benzene rings is 2. The fraction of sp³-hybridized carbons (Fsp3) is 0.111. The molecule has 2 N–H and O–H groups in total. The number of aromatic nitrogens is 4. The normalized spacial score (nSPS) is 11.5. The van der Waals surface area contributed by atoms with Crippen LogP contribution < -0.4 is 5.32 Å². The molecule has 0 aliphatic rings. The summed E-state index contributed by atoms with van der Waals surface area (Å²) in [7, 11) is 0. The highest BCUT2D eigenvalue weighted by Gasteiger charge is 2.27. The monoisotopic (exact) mass is 384 g/mol. The van der Waals surface area contributed by atoms with Crippen LogP contribution in [0.1, 0.15) is 5.56 Å². The van der Waals surface area contributed by atoms with E-state index in [2.05, 4.69) is 25.5 Å². The second-order valence-corrected chi connectivity index (χ2v) is 5.89. The molecule has 0 aliphatic carbocycles. The number of rotatable bonds is 4. The summed E-state index contributed by atoms with van der Waals surface area (Å²) in [5.41, 5.74) is 2.83. The van der Waals surface area contributed by atoms with E-state index in [-0.39, 0.29) is 23.0 Å². The minimum absolute atomic E-state index is 0.0420. The first-order chi connectivity index (χ1) is 13.4. The summed E-state index contributed by atoms with van der Waals surface area (Å²) in [6.07, 6.45) is -2.81. The van der Waals surface area contributed by atoms with Crippen LogP contribution in [0.15, 0.2) is 47.1 Å². The van der Waals surface area contributed by atoms with Crippen LogP contribution in [-0.4, -0.2) is 32.9 Å². The van der Waals surface area contributed by atoms with Crippen molar-refractivity contribution in [3.8, 4) is 29.0 Å². The highest BCUT2D eigenvalue weighted by molar-refractivity contribution is 5.79. The molecule has 2 aromatic carbocycles. The number of nitrogens with one attached hydrogen (secondary N) is 2. The summed E-state index contributed by atoms with van der Waals surface area (Å²) in [5, 5.41) is 19.4. The number of imidazole rings is 1. The average Bonchev–Trinajstić information content (AvgIpc) is 3.34. The van der Waals surface area contributed by atoms with E-state index < -0.39 is 12.7 Å². The Kier molecular flexibility index (Phi) is 4.19. The van der Waals surface area contributed by atoms with Crippen molar-refractivity contribution in [3.63, 3.8) is 0 Å². The van der Waals surface area contributed by atoms with Crippen LogP contribution in [0.3, 0.4) is 0 Å². The van der Waals surface area contributed by atoms with Crippen LogP contribution in [0, 0.1) is 11.3 Å². The zero-order chi connectivity index (χ0) is 19.7. The molecule has 0 fully saturated rings. The quantitative estimate of drug-likeness (QED) is 0.548.